The van der Waals surface area contributed by atoms with Crippen molar-refractivity contribution in [3.63, 3.8) is 0 Å². The van der Waals surface area contributed by atoms with E-state index in [4.69, 9.17) is 0 Å². The van der Waals surface area contributed by atoms with Crippen LogP contribution in [0.1, 0.15) is 53.4 Å². The van der Waals surface area contributed by atoms with Gasteiger partial charge in [-0.2, -0.15) is 23.5 Å². The summed E-state index contributed by atoms with van der Waals surface area (Å²) in [5.41, 5.74) is 0. The van der Waals surface area contributed by atoms with Gasteiger partial charge in [0.25, 0.3) is 0 Å². The monoisotopic (exact) mass is 468 g/mol. The molecule has 4 N–H and O–H groups in total. The van der Waals surface area contributed by atoms with Gasteiger partial charge in [-0.3, -0.25) is 9.80 Å². The maximum Gasteiger partial charge on any atom is 0.0639 e. The molecule has 0 aromatic heterocycles. The molecule has 8 heteroatoms. The van der Waals surface area contributed by atoms with Crippen molar-refractivity contribution in [1.29, 1.82) is 0 Å². The lowest BCUT2D eigenvalue weighted by Gasteiger charge is -2.24. The quantitative estimate of drug-likeness (QED) is 0.191. The Labute approximate surface area is 193 Å². The minimum atomic E-state index is -0.355. The third-order valence-corrected chi connectivity index (χ3v) is 6.62. The van der Waals surface area contributed by atoms with E-state index in [1.54, 1.807) is 27.7 Å². The summed E-state index contributed by atoms with van der Waals surface area (Å²) in [6.45, 7) is 11.5. The molecule has 30 heavy (non-hydrogen) atoms. The number of unbranched alkanes of at least 4 members (excludes halogenated alkanes) is 3. The second-order valence-electron chi connectivity index (χ2n) is 8.55. The minimum Gasteiger partial charge on any atom is -0.392 e. The molecule has 0 amide bonds. The van der Waals surface area contributed by atoms with Crippen molar-refractivity contribution in [3.05, 3.63) is 0 Å². The summed E-state index contributed by atoms with van der Waals surface area (Å²) in [6, 6.07) is 0. The van der Waals surface area contributed by atoms with Crippen LogP contribution in [0.25, 0.3) is 0 Å². The molecule has 0 fully saturated rings. The Morgan fingerprint density at radius 1 is 0.500 bits per heavy atom. The number of hydrogen-bond donors (Lipinski definition) is 4. The van der Waals surface area contributed by atoms with Gasteiger partial charge in [-0.05, 0) is 52.0 Å². The standard InChI is InChI=1S/C22H48N2O4S2/c1-19(25)15-23(16-20(2)26)9-13-29-11-7-5-6-8-12-30-14-10-24(17-21(3)27)18-22(4)28/h19-22,25-28H,5-18H2,1-4H3. The van der Waals surface area contributed by atoms with Gasteiger partial charge in [0.1, 0.15) is 0 Å². The van der Waals surface area contributed by atoms with Crippen LogP contribution in [0.2, 0.25) is 0 Å². The summed E-state index contributed by atoms with van der Waals surface area (Å²) in [5, 5.41) is 38.2. The largest absolute Gasteiger partial charge is 0.392 e. The van der Waals surface area contributed by atoms with E-state index in [1.807, 2.05) is 23.5 Å². The first-order valence-corrected chi connectivity index (χ1v) is 13.8. The third-order valence-electron chi connectivity index (χ3n) is 4.52. The van der Waals surface area contributed by atoms with Gasteiger partial charge in [0, 0.05) is 50.8 Å². The molecule has 0 aliphatic carbocycles. The Morgan fingerprint density at radius 3 is 1.07 bits per heavy atom. The van der Waals surface area contributed by atoms with Crippen LogP contribution in [-0.2, 0) is 0 Å². The predicted octanol–water partition coefficient (Wildman–Crippen LogP) is 2.14. The van der Waals surface area contributed by atoms with E-state index in [2.05, 4.69) is 9.80 Å². The molecule has 0 bridgehead atoms. The molecular formula is C22H48N2O4S2. The molecule has 182 valence electrons. The normalized spacial score (nSPS) is 16.2. The molecule has 0 saturated heterocycles. The number of rotatable bonds is 21. The molecule has 0 spiro atoms. The highest BCUT2D eigenvalue weighted by atomic mass is 32.2. The van der Waals surface area contributed by atoms with Crippen LogP contribution in [0, 0.1) is 0 Å². The van der Waals surface area contributed by atoms with Gasteiger partial charge in [-0.15, -0.1) is 0 Å². The molecule has 6 nitrogen and oxygen atoms in total. The first-order chi connectivity index (χ1) is 14.2. The number of aliphatic hydroxyl groups excluding tert-OH is 4. The molecule has 0 aliphatic heterocycles. The summed E-state index contributed by atoms with van der Waals surface area (Å²) in [5.74, 6) is 4.45. The maximum atomic E-state index is 9.55. The first kappa shape index (κ1) is 30.5. The van der Waals surface area contributed by atoms with E-state index in [9.17, 15) is 20.4 Å². The molecule has 0 aliphatic rings. The molecule has 4 atom stereocenters. The van der Waals surface area contributed by atoms with E-state index in [1.165, 1.54) is 37.2 Å². The van der Waals surface area contributed by atoms with Crippen LogP contribution in [0.4, 0.5) is 0 Å². The van der Waals surface area contributed by atoms with Crippen LogP contribution < -0.4 is 0 Å². The lowest BCUT2D eigenvalue weighted by molar-refractivity contribution is 0.0870. The highest BCUT2D eigenvalue weighted by Crippen LogP contribution is 2.12. The summed E-state index contributed by atoms with van der Waals surface area (Å²) in [6.07, 6.45) is 3.62. The van der Waals surface area contributed by atoms with Gasteiger partial charge >= 0.3 is 0 Å². The van der Waals surface area contributed by atoms with Gasteiger partial charge in [-0.25, -0.2) is 0 Å². The van der Waals surface area contributed by atoms with Crippen molar-refractivity contribution >= 4 is 23.5 Å². The first-order valence-electron chi connectivity index (χ1n) is 11.5. The average Bonchev–Trinajstić information content (AvgIpc) is 2.60. The summed E-state index contributed by atoms with van der Waals surface area (Å²) < 4.78 is 0. The lowest BCUT2D eigenvalue weighted by atomic mass is 10.2. The summed E-state index contributed by atoms with van der Waals surface area (Å²) >= 11 is 3.93. The van der Waals surface area contributed by atoms with Gasteiger partial charge < -0.3 is 20.4 Å². The zero-order valence-electron chi connectivity index (χ0n) is 19.7. The van der Waals surface area contributed by atoms with Crippen molar-refractivity contribution in [2.24, 2.45) is 0 Å². The van der Waals surface area contributed by atoms with Crippen molar-refractivity contribution in [2.45, 2.75) is 77.8 Å². The van der Waals surface area contributed by atoms with Crippen molar-refractivity contribution in [2.75, 3.05) is 62.3 Å². The van der Waals surface area contributed by atoms with Gasteiger partial charge in [-0.1, -0.05) is 12.8 Å². The Balaban J connectivity index is 3.58. The molecule has 0 saturated carbocycles. The topological polar surface area (TPSA) is 87.4 Å². The number of thioether (sulfide) groups is 2. The van der Waals surface area contributed by atoms with Crippen molar-refractivity contribution in [1.82, 2.24) is 9.80 Å². The van der Waals surface area contributed by atoms with Gasteiger partial charge in [0.15, 0.2) is 0 Å². The Kier molecular flexibility index (Phi) is 20.4. The fraction of sp³-hybridized carbons (Fsp3) is 1.00. The van der Waals surface area contributed by atoms with Crippen LogP contribution in [0.3, 0.4) is 0 Å². The van der Waals surface area contributed by atoms with Crippen molar-refractivity contribution < 1.29 is 20.4 Å². The van der Waals surface area contributed by atoms with Gasteiger partial charge in [0.2, 0.25) is 0 Å². The van der Waals surface area contributed by atoms with E-state index in [-0.39, 0.29) is 24.4 Å². The molecule has 0 radical (unpaired) electrons. The SMILES string of the molecule is CC(O)CN(CCSCCCCCCSCCN(CC(C)O)CC(C)O)CC(C)O. The average molecular weight is 469 g/mol. The van der Waals surface area contributed by atoms with E-state index in [0.717, 1.165) is 24.6 Å². The molecule has 0 heterocycles. The summed E-state index contributed by atoms with van der Waals surface area (Å²) in [7, 11) is 0. The molecule has 0 rings (SSSR count). The smallest absolute Gasteiger partial charge is 0.0639 e. The van der Waals surface area contributed by atoms with Crippen LogP contribution in [0.15, 0.2) is 0 Å². The minimum absolute atomic E-state index is 0.355. The Bertz CT molecular complexity index is 321. The third kappa shape index (κ3) is 21.7. The van der Waals surface area contributed by atoms with Crippen LogP contribution in [0.5, 0.6) is 0 Å². The van der Waals surface area contributed by atoms with Crippen LogP contribution >= 0.6 is 23.5 Å². The van der Waals surface area contributed by atoms with Crippen molar-refractivity contribution in [3.8, 4) is 0 Å². The Hall–Kier alpha value is 0.460. The fourth-order valence-electron chi connectivity index (χ4n) is 3.36. The molecule has 4 unspecified atom stereocenters. The lowest BCUT2D eigenvalue weighted by Crippen LogP contribution is -2.37. The summed E-state index contributed by atoms with van der Waals surface area (Å²) in [4.78, 5) is 4.28. The second-order valence-corrected chi connectivity index (χ2v) is 11.0. The molecule has 0 aromatic carbocycles. The van der Waals surface area contributed by atoms with E-state index in [0.29, 0.717) is 26.2 Å². The Morgan fingerprint density at radius 2 is 0.800 bits per heavy atom. The molecular weight excluding hydrogens is 420 g/mol. The van der Waals surface area contributed by atoms with Crippen LogP contribution in [-0.4, -0.2) is 117 Å². The molecule has 0 aromatic rings. The number of aliphatic hydroxyl groups is 4. The highest BCUT2D eigenvalue weighted by Gasteiger charge is 2.11. The highest BCUT2D eigenvalue weighted by molar-refractivity contribution is 7.99. The predicted molar refractivity (Wildman–Crippen MR) is 133 cm³/mol. The number of nitrogens with zero attached hydrogens (tertiary/aromatic N) is 2. The maximum absolute atomic E-state index is 9.55. The van der Waals surface area contributed by atoms with E-state index < -0.39 is 0 Å². The fourth-order valence-corrected chi connectivity index (χ4v) is 5.36. The zero-order chi connectivity index (χ0) is 22.8. The van der Waals surface area contributed by atoms with Gasteiger partial charge in [0.05, 0.1) is 24.4 Å². The second kappa shape index (κ2) is 20.1. The zero-order valence-corrected chi connectivity index (χ0v) is 21.3. The van der Waals surface area contributed by atoms with E-state index >= 15 is 0 Å². The number of hydrogen-bond acceptors (Lipinski definition) is 8.